The first-order valence-electron chi connectivity index (χ1n) is 8.54. The van der Waals surface area contributed by atoms with Gasteiger partial charge in [0.1, 0.15) is 12.1 Å². The molecule has 1 heterocycles. The van der Waals surface area contributed by atoms with Gasteiger partial charge in [0, 0.05) is 6.54 Å². The number of hydrogen-bond donors (Lipinski definition) is 1. The highest BCUT2D eigenvalue weighted by Crippen LogP contribution is 2.33. The fraction of sp³-hybridized carbons (Fsp3) is 0.882. The molecule has 1 saturated carbocycles. The molecule has 2 amide bonds. The van der Waals surface area contributed by atoms with Crippen molar-refractivity contribution in [2.45, 2.75) is 71.9 Å². The highest BCUT2D eigenvalue weighted by Gasteiger charge is 2.42. The molecular formula is C17H30N2O2. The van der Waals surface area contributed by atoms with Crippen LogP contribution in [0.15, 0.2) is 0 Å². The second-order valence-corrected chi connectivity index (χ2v) is 7.28. The Hall–Kier alpha value is -1.06. The van der Waals surface area contributed by atoms with Gasteiger partial charge < -0.3 is 10.2 Å². The molecule has 2 rings (SSSR count). The van der Waals surface area contributed by atoms with Crippen molar-refractivity contribution in [3.05, 3.63) is 0 Å². The van der Waals surface area contributed by atoms with E-state index in [4.69, 9.17) is 0 Å². The Balaban J connectivity index is 2.11. The van der Waals surface area contributed by atoms with E-state index in [2.05, 4.69) is 26.1 Å². The molecular weight excluding hydrogens is 264 g/mol. The number of nitrogens with one attached hydrogen (secondary N) is 1. The number of nitrogens with zero attached hydrogens (tertiary/aromatic N) is 1. The Kier molecular flexibility index (Phi) is 5.28. The average Bonchev–Trinajstić information content (AvgIpc) is 3.24. The quantitative estimate of drug-likeness (QED) is 0.784. The molecule has 0 spiro atoms. The zero-order chi connectivity index (χ0) is 15.6. The van der Waals surface area contributed by atoms with Gasteiger partial charge in [-0.1, -0.05) is 47.0 Å². The molecule has 0 aromatic heterocycles. The fourth-order valence-electron chi connectivity index (χ4n) is 3.08. The lowest BCUT2D eigenvalue weighted by molar-refractivity contribution is -0.151. The van der Waals surface area contributed by atoms with Crippen LogP contribution >= 0.6 is 0 Å². The van der Waals surface area contributed by atoms with Gasteiger partial charge >= 0.3 is 0 Å². The molecule has 3 unspecified atom stereocenters. The van der Waals surface area contributed by atoms with Gasteiger partial charge in [-0.15, -0.1) is 0 Å². The predicted octanol–water partition coefficient (Wildman–Crippen LogP) is 2.57. The van der Waals surface area contributed by atoms with Gasteiger partial charge in [-0.05, 0) is 30.6 Å². The normalized spacial score (nSPS) is 28.0. The first-order valence-corrected chi connectivity index (χ1v) is 8.54. The third-order valence-electron chi connectivity index (χ3n) is 4.91. The van der Waals surface area contributed by atoms with Crippen molar-refractivity contribution in [1.29, 1.82) is 0 Å². The maximum absolute atomic E-state index is 12.8. The van der Waals surface area contributed by atoms with Crippen molar-refractivity contribution < 1.29 is 9.59 Å². The lowest BCUT2D eigenvalue weighted by atomic mass is 9.91. The van der Waals surface area contributed by atoms with Gasteiger partial charge in [0.05, 0.1) is 0 Å². The lowest BCUT2D eigenvalue weighted by Gasteiger charge is -2.41. The van der Waals surface area contributed by atoms with Crippen LogP contribution in [0.5, 0.6) is 0 Å². The summed E-state index contributed by atoms with van der Waals surface area (Å²) in [4.78, 5) is 27.2. The van der Waals surface area contributed by atoms with Crippen LogP contribution in [-0.4, -0.2) is 35.3 Å². The molecule has 0 aromatic carbocycles. The number of hydrogen-bond acceptors (Lipinski definition) is 2. The van der Waals surface area contributed by atoms with E-state index in [0.29, 0.717) is 5.92 Å². The Bertz CT molecular complexity index is 390. The van der Waals surface area contributed by atoms with Crippen molar-refractivity contribution in [2.75, 3.05) is 6.54 Å². The number of piperazine rings is 1. The number of carbonyl (C=O) groups excluding carboxylic acids is 2. The first-order chi connectivity index (χ1) is 9.93. The topological polar surface area (TPSA) is 49.4 Å². The molecule has 1 aliphatic heterocycles. The van der Waals surface area contributed by atoms with Crippen molar-refractivity contribution in [3.63, 3.8) is 0 Å². The van der Waals surface area contributed by atoms with E-state index in [1.54, 1.807) is 0 Å². The molecule has 2 fully saturated rings. The molecule has 2 aliphatic rings. The van der Waals surface area contributed by atoms with E-state index in [-0.39, 0.29) is 29.8 Å². The summed E-state index contributed by atoms with van der Waals surface area (Å²) in [5.74, 6) is 1.58. The largest absolute Gasteiger partial charge is 0.342 e. The van der Waals surface area contributed by atoms with Crippen molar-refractivity contribution in [2.24, 2.45) is 17.8 Å². The predicted molar refractivity (Wildman–Crippen MR) is 83.7 cm³/mol. The second-order valence-electron chi connectivity index (χ2n) is 7.28. The number of rotatable bonds is 7. The minimum Gasteiger partial charge on any atom is -0.342 e. The maximum atomic E-state index is 12.8. The summed E-state index contributed by atoms with van der Waals surface area (Å²) >= 11 is 0. The molecule has 21 heavy (non-hydrogen) atoms. The Morgan fingerprint density at radius 2 is 1.90 bits per heavy atom. The lowest BCUT2D eigenvalue weighted by Crippen LogP contribution is -2.65. The van der Waals surface area contributed by atoms with Crippen LogP contribution in [0.4, 0.5) is 0 Å². The maximum Gasteiger partial charge on any atom is 0.246 e. The van der Waals surface area contributed by atoms with Crippen LogP contribution in [0.1, 0.15) is 59.8 Å². The first kappa shape index (κ1) is 16.3. The molecule has 120 valence electrons. The molecule has 3 atom stereocenters. The molecule has 0 bridgehead atoms. The van der Waals surface area contributed by atoms with Crippen LogP contribution < -0.4 is 5.32 Å². The van der Waals surface area contributed by atoms with Gasteiger partial charge in [-0.25, -0.2) is 0 Å². The summed E-state index contributed by atoms with van der Waals surface area (Å²) in [6.07, 6.45) is 5.30. The molecule has 4 nitrogen and oxygen atoms in total. The summed E-state index contributed by atoms with van der Waals surface area (Å²) in [6.45, 7) is 9.08. The molecule has 0 radical (unpaired) electrons. The van der Waals surface area contributed by atoms with Gasteiger partial charge in [0.15, 0.2) is 0 Å². The van der Waals surface area contributed by atoms with Crippen molar-refractivity contribution >= 4 is 11.8 Å². The van der Waals surface area contributed by atoms with E-state index in [1.807, 2.05) is 11.8 Å². The van der Waals surface area contributed by atoms with Crippen LogP contribution in [0.25, 0.3) is 0 Å². The summed E-state index contributed by atoms with van der Waals surface area (Å²) in [5, 5.41) is 2.98. The molecule has 1 saturated heterocycles. The zero-order valence-electron chi connectivity index (χ0n) is 13.9. The smallest absolute Gasteiger partial charge is 0.246 e. The SMILES string of the molecule is CCC(C)C1NC(=O)C(CC(C)C)N(CCC2CC2)C1=O. The summed E-state index contributed by atoms with van der Waals surface area (Å²) in [7, 11) is 0. The van der Waals surface area contributed by atoms with Gasteiger partial charge in [-0.2, -0.15) is 0 Å². The van der Waals surface area contributed by atoms with Crippen molar-refractivity contribution in [1.82, 2.24) is 10.2 Å². The Labute approximate surface area is 128 Å². The van der Waals surface area contributed by atoms with Crippen molar-refractivity contribution in [3.8, 4) is 0 Å². The zero-order valence-corrected chi connectivity index (χ0v) is 13.9. The Morgan fingerprint density at radius 1 is 1.24 bits per heavy atom. The number of amides is 2. The van der Waals surface area contributed by atoms with Crippen LogP contribution in [0, 0.1) is 17.8 Å². The third kappa shape index (κ3) is 3.98. The molecule has 4 heteroatoms. The summed E-state index contributed by atoms with van der Waals surface area (Å²) in [5.41, 5.74) is 0. The highest BCUT2D eigenvalue weighted by atomic mass is 16.2. The summed E-state index contributed by atoms with van der Waals surface area (Å²) in [6, 6.07) is -0.596. The van der Waals surface area contributed by atoms with Crippen LogP contribution in [0.3, 0.4) is 0 Å². The molecule has 0 aromatic rings. The molecule has 1 N–H and O–H groups in total. The average molecular weight is 294 g/mol. The minimum atomic E-state index is -0.329. The highest BCUT2D eigenvalue weighted by molar-refractivity contribution is 5.97. The monoisotopic (exact) mass is 294 g/mol. The summed E-state index contributed by atoms with van der Waals surface area (Å²) < 4.78 is 0. The standard InChI is InChI=1S/C17H30N2O2/c1-5-12(4)15-17(21)19(9-8-13-6-7-13)14(10-11(2)3)16(20)18-15/h11-15H,5-10H2,1-4H3,(H,18,20). The number of carbonyl (C=O) groups is 2. The third-order valence-corrected chi connectivity index (χ3v) is 4.91. The Morgan fingerprint density at radius 3 is 2.43 bits per heavy atom. The second kappa shape index (κ2) is 6.80. The van der Waals surface area contributed by atoms with E-state index in [1.165, 1.54) is 12.8 Å². The van der Waals surface area contributed by atoms with E-state index in [9.17, 15) is 9.59 Å². The molecule has 1 aliphatic carbocycles. The van der Waals surface area contributed by atoms with Gasteiger partial charge in [0.25, 0.3) is 0 Å². The fourth-order valence-corrected chi connectivity index (χ4v) is 3.08. The van der Waals surface area contributed by atoms with Crippen LogP contribution in [-0.2, 0) is 9.59 Å². The van der Waals surface area contributed by atoms with E-state index in [0.717, 1.165) is 31.7 Å². The van der Waals surface area contributed by atoms with E-state index < -0.39 is 0 Å². The van der Waals surface area contributed by atoms with Gasteiger partial charge in [-0.3, -0.25) is 9.59 Å². The van der Waals surface area contributed by atoms with Crippen LogP contribution in [0.2, 0.25) is 0 Å². The van der Waals surface area contributed by atoms with Gasteiger partial charge in [0.2, 0.25) is 11.8 Å². The minimum absolute atomic E-state index is 0.0457. The van der Waals surface area contributed by atoms with E-state index >= 15 is 0 Å².